The van der Waals surface area contributed by atoms with Gasteiger partial charge in [-0.2, -0.15) is 11.8 Å². The molecule has 0 bridgehead atoms. The first-order chi connectivity index (χ1) is 11.7. The number of hydrogen-bond donors (Lipinski definition) is 1. The Balaban J connectivity index is 1.70. The van der Waals surface area contributed by atoms with Gasteiger partial charge in [0, 0.05) is 29.7 Å². The predicted octanol–water partition coefficient (Wildman–Crippen LogP) is 3.90. The Kier molecular flexibility index (Phi) is 7.36. The summed E-state index contributed by atoms with van der Waals surface area (Å²) in [6, 6.07) is 14.2. The average Bonchev–Trinajstić information content (AvgIpc) is 2.61. The van der Waals surface area contributed by atoms with E-state index in [-0.39, 0.29) is 11.7 Å². The van der Waals surface area contributed by atoms with E-state index in [1.165, 1.54) is 12.1 Å². The summed E-state index contributed by atoms with van der Waals surface area (Å²) in [5.41, 5.74) is 1.54. The van der Waals surface area contributed by atoms with Crippen molar-refractivity contribution in [1.82, 2.24) is 5.32 Å². The second kappa shape index (κ2) is 9.78. The third-order valence-corrected chi connectivity index (χ3v) is 4.32. The van der Waals surface area contributed by atoms with Crippen molar-refractivity contribution in [2.24, 2.45) is 0 Å². The lowest BCUT2D eigenvalue weighted by molar-refractivity contribution is -0.116. The van der Waals surface area contributed by atoms with Gasteiger partial charge in [-0.1, -0.05) is 36.4 Å². The molecule has 0 aliphatic rings. The van der Waals surface area contributed by atoms with Gasteiger partial charge in [0.1, 0.15) is 11.6 Å². The van der Waals surface area contributed by atoms with Crippen LogP contribution in [0.3, 0.4) is 0 Å². The third-order valence-electron chi connectivity index (χ3n) is 3.31. The number of rotatable bonds is 8. The molecule has 24 heavy (non-hydrogen) atoms. The number of benzene rings is 2. The van der Waals surface area contributed by atoms with Crippen molar-refractivity contribution >= 4 is 23.7 Å². The van der Waals surface area contributed by atoms with Crippen LogP contribution in [0.4, 0.5) is 4.39 Å². The Hall–Kier alpha value is -2.27. The fraction of sp³-hybridized carbons (Fsp3) is 0.211. The first-order valence-electron chi connectivity index (χ1n) is 7.61. The van der Waals surface area contributed by atoms with Crippen LogP contribution in [0.1, 0.15) is 11.1 Å². The number of para-hydroxylation sites is 1. The molecule has 0 radical (unpaired) electrons. The van der Waals surface area contributed by atoms with Crippen molar-refractivity contribution < 1.29 is 13.9 Å². The van der Waals surface area contributed by atoms with E-state index in [0.717, 1.165) is 17.1 Å². The number of hydrogen-bond acceptors (Lipinski definition) is 3. The molecule has 0 aromatic heterocycles. The fourth-order valence-corrected chi connectivity index (χ4v) is 2.92. The van der Waals surface area contributed by atoms with Crippen molar-refractivity contribution in [2.45, 2.75) is 5.75 Å². The maximum atomic E-state index is 13.4. The molecule has 3 nitrogen and oxygen atoms in total. The van der Waals surface area contributed by atoms with Crippen LogP contribution < -0.4 is 10.1 Å². The second-order valence-corrected chi connectivity index (χ2v) is 6.12. The van der Waals surface area contributed by atoms with E-state index in [0.29, 0.717) is 17.9 Å². The highest BCUT2D eigenvalue weighted by Crippen LogP contribution is 2.18. The summed E-state index contributed by atoms with van der Waals surface area (Å²) in [4.78, 5) is 11.8. The van der Waals surface area contributed by atoms with Gasteiger partial charge in [-0.15, -0.1) is 0 Å². The van der Waals surface area contributed by atoms with E-state index in [4.69, 9.17) is 4.74 Å². The molecule has 0 aliphatic heterocycles. The first-order valence-corrected chi connectivity index (χ1v) is 8.76. The van der Waals surface area contributed by atoms with Gasteiger partial charge in [-0.3, -0.25) is 4.79 Å². The Labute approximate surface area is 145 Å². The molecule has 2 aromatic rings. The smallest absolute Gasteiger partial charge is 0.244 e. The predicted molar refractivity (Wildman–Crippen MR) is 97.6 cm³/mol. The number of carbonyl (C=O) groups excluding carboxylic acids is 1. The van der Waals surface area contributed by atoms with Crippen LogP contribution in [0.5, 0.6) is 5.75 Å². The molecule has 5 heteroatoms. The Bertz CT molecular complexity index is 703. The number of halogens is 1. The SMILES string of the molecule is COc1ccccc1/C=C/C(=O)NCCSCc1ccccc1F. The normalized spacial score (nSPS) is 10.8. The Morgan fingerprint density at radius 1 is 1.21 bits per heavy atom. The highest BCUT2D eigenvalue weighted by molar-refractivity contribution is 7.98. The van der Waals surface area contributed by atoms with E-state index in [1.54, 1.807) is 37.1 Å². The lowest BCUT2D eigenvalue weighted by Crippen LogP contribution is -2.23. The minimum absolute atomic E-state index is 0.160. The summed E-state index contributed by atoms with van der Waals surface area (Å²) in [5, 5.41) is 2.81. The number of ether oxygens (including phenoxy) is 1. The number of nitrogens with one attached hydrogen (secondary N) is 1. The van der Waals surface area contributed by atoms with Gasteiger partial charge in [-0.05, 0) is 23.8 Å². The van der Waals surface area contributed by atoms with Gasteiger partial charge in [0.2, 0.25) is 5.91 Å². The Morgan fingerprint density at radius 3 is 2.75 bits per heavy atom. The summed E-state index contributed by atoms with van der Waals surface area (Å²) in [6.07, 6.45) is 3.21. The number of methoxy groups -OCH3 is 1. The lowest BCUT2D eigenvalue weighted by Gasteiger charge is -2.05. The molecule has 0 aliphatic carbocycles. The monoisotopic (exact) mass is 345 g/mol. The average molecular weight is 345 g/mol. The minimum atomic E-state index is -0.186. The molecule has 126 valence electrons. The van der Waals surface area contributed by atoms with Crippen molar-refractivity contribution in [1.29, 1.82) is 0 Å². The Morgan fingerprint density at radius 2 is 1.96 bits per heavy atom. The summed E-state index contributed by atoms with van der Waals surface area (Å²) in [7, 11) is 1.60. The van der Waals surface area contributed by atoms with Gasteiger partial charge in [0.15, 0.2) is 0 Å². The molecule has 2 aromatic carbocycles. The van der Waals surface area contributed by atoms with Gasteiger partial charge in [0.05, 0.1) is 7.11 Å². The van der Waals surface area contributed by atoms with Crippen LogP contribution in [0.2, 0.25) is 0 Å². The maximum absolute atomic E-state index is 13.4. The molecular weight excluding hydrogens is 325 g/mol. The highest BCUT2D eigenvalue weighted by Gasteiger charge is 2.01. The van der Waals surface area contributed by atoms with Crippen LogP contribution in [0.15, 0.2) is 54.6 Å². The quantitative estimate of drug-likeness (QED) is 0.582. The van der Waals surface area contributed by atoms with Crippen LogP contribution >= 0.6 is 11.8 Å². The lowest BCUT2D eigenvalue weighted by atomic mass is 10.2. The summed E-state index contributed by atoms with van der Waals surface area (Å²) < 4.78 is 18.7. The van der Waals surface area contributed by atoms with E-state index in [2.05, 4.69) is 5.32 Å². The van der Waals surface area contributed by atoms with Crippen LogP contribution in [0.25, 0.3) is 6.08 Å². The van der Waals surface area contributed by atoms with Crippen LogP contribution in [-0.4, -0.2) is 25.3 Å². The zero-order valence-corrected chi connectivity index (χ0v) is 14.3. The van der Waals surface area contributed by atoms with E-state index >= 15 is 0 Å². The highest BCUT2D eigenvalue weighted by atomic mass is 32.2. The van der Waals surface area contributed by atoms with Gasteiger partial charge in [-0.25, -0.2) is 4.39 Å². The standard InChI is InChI=1S/C19H20FNO2S/c1-23-18-9-5-3-6-15(18)10-11-19(22)21-12-13-24-14-16-7-2-4-8-17(16)20/h2-11H,12-14H2,1H3,(H,21,22)/b11-10+. The van der Waals surface area contributed by atoms with E-state index < -0.39 is 0 Å². The minimum Gasteiger partial charge on any atom is -0.496 e. The molecule has 0 saturated carbocycles. The van der Waals surface area contributed by atoms with Crippen molar-refractivity contribution in [3.05, 3.63) is 71.6 Å². The van der Waals surface area contributed by atoms with Crippen LogP contribution in [-0.2, 0) is 10.5 Å². The molecule has 0 spiro atoms. The fourth-order valence-electron chi connectivity index (χ4n) is 2.07. The maximum Gasteiger partial charge on any atom is 0.244 e. The molecule has 0 unspecified atom stereocenters. The second-order valence-electron chi connectivity index (χ2n) is 5.01. The van der Waals surface area contributed by atoms with Gasteiger partial charge < -0.3 is 10.1 Å². The van der Waals surface area contributed by atoms with Gasteiger partial charge in [0.25, 0.3) is 0 Å². The molecule has 1 N–H and O–H groups in total. The zero-order valence-electron chi connectivity index (χ0n) is 13.5. The van der Waals surface area contributed by atoms with Crippen molar-refractivity contribution in [3.63, 3.8) is 0 Å². The van der Waals surface area contributed by atoms with E-state index in [9.17, 15) is 9.18 Å². The van der Waals surface area contributed by atoms with Gasteiger partial charge >= 0.3 is 0 Å². The topological polar surface area (TPSA) is 38.3 Å². The zero-order chi connectivity index (χ0) is 17.2. The number of thioether (sulfide) groups is 1. The molecule has 0 fully saturated rings. The molecule has 0 heterocycles. The molecule has 2 rings (SSSR count). The molecular formula is C19H20FNO2S. The summed E-state index contributed by atoms with van der Waals surface area (Å²) >= 11 is 1.58. The number of carbonyl (C=O) groups is 1. The van der Waals surface area contributed by atoms with Crippen molar-refractivity contribution in [3.8, 4) is 5.75 Å². The molecule has 1 amide bonds. The summed E-state index contributed by atoms with van der Waals surface area (Å²) in [6.45, 7) is 0.536. The molecule has 0 atom stereocenters. The summed E-state index contributed by atoms with van der Waals surface area (Å²) in [5.74, 6) is 1.70. The largest absolute Gasteiger partial charge is 0.496 e. The van der Waals surface area contributed by atoms with Crippen molar-refractivity contribution in [2.75, 3.05) is 19.4 Å². The third kappa shape index (κ3) is 5.74. The number of amides is 1. The molecule has 0 saturated heterocycles. The first kappa shape index (κ1) is 18.1. The van der Waals surface area contributed by atoms with Crippen LogP contribution in [0, 0.1) is 5.82 Å². The van der Waals surface area contributed by atoms with E-state index in [1.807, 2.05) is 30.3 Å².